The smallest absolute Gasteiger partial charge is 0.306 e. The van der Waals surface area contributed by atoms with Crippen molar-refractivity contribution in [3.05, 3.63) is 23.8 Å². The Morgan fingerprint density at radius 1 is 1.50 bits per heavy atom. The van der Waals surface area contributed by atoms with Gasteiger partial charge in [-0.1, -0.05) is 0 Å². The molecule has 0 spiro atoms. The molecule has 4 nitrogen and oxygen atoms in total. The second-order valence-corrected chi connectivity index (χ2v) is 3.71. The minimum atomic E-state index is -0.846. The summed E-state index contributed by atoms with van der Waals surface area (Å²) in [5.74, 6) is 0.781. The molecule has 0 amide bonds. The minimum Gasteiger partial charge on any atom is -0.493 e. The zero-order valence-corrected chi connectivity index (χ0v) is 8.94. The minimum absolute atomic E-state index is 0.0214. The summed E-state index contributed by atoms with van der Waals surface area (Å²) in [5, 5.41) is 8.48. The first kappa shape index (κ1) is 10.8. The first-order chi connectivity index (χ1) is 7.75. The second-order valence-electron chi connectivity index (χ2n) is 3.71. The van der Waals surface area contributed by atoms with Crippen LogP contribution in [-0.4, -0.2) is 24.3 Å². The van der Waals surface area contributed by atoms with Crippen LogP contribution in [0, 0.1) is 0 Å². The fourth-order valence-electron chi connectivity index (χ4n) is 1.68. The third-order valence-electron chi connectivity index (χ3n) is 2.46. The fourth-order valence-corrected chi connectivity index (χ4v) is 1.68. The summed E-state index contributed by atoms with van der Waals surface area (Å²) >= 11 is 0. The van der Waals surface area contributed by atoms with E-state index in [-0.39, 0.29) is 13.0 Å². The van der Waals surface area contributed by atoms with Gasteiger partial charge in [0.1, 0.15) is 11.5 Å². The van der Waals surface area contributed by atoms with Crippen LogP contribution < -0.4 is 9.47 Å². The van der Waals surface area contributed by atoms with Gasteiger partial charge in [-0.25, -0.2) is 0 Å². The van der Waals surface area contributed by atoms with E-state index >= 15 is 0 Å². The molecule has 1 aliphatic heterocycles. The molecule has 0 radical (unpaired) electrons. The molecule has 0 saturated carbocycles. The van der Waals surface area contributed by atoms with Gasteiger partial charge >= 0.3 is 5.97 Å². The summed E-state index contributed by atoms with van der Waals surface area (Å²) in [7, 11) is 0. The molecule has 4 heteroatoms. The number of carboxylic acid groups (broad SMARTS) is 1. The standard InChI is InChI=1S/C12H14O4/c13-12(14)5-7-15-10-3-4-11-9(8-10)2-1-6-16-11/h3-4,8H,1-2,5-7H2,(H,13,14). The number of carbonyl (C=O) groups is 1. The van der Waals surface area contributed by atoms with E-state index < -0.39 is 5.97 Å². The van der Waals surface area contributed by atoms with Gasteiger partial charge < -0.3 is 14.6 Å². The predicted molar refractivity (Wildman–Crippen MR) is 58.0 cm³/mol. The van der Waals surface area contributed by atoms with Crippen molar-refractivity contribution in [1.29, 1.82) is 0 Å². The van der Waals surface area contributed by atoms with Crippen molar-refractivity contribution in [3.63, 3.8) is 0 Å². The van der Waals surface area contributed by atoms with Crippen LogP contribution in [0.15, 0.2) is 18.2 Å². The van der Waals surface area contributed by atoms with Crippen LogP contribution in [0.25, 0.3) is 0 Å². The van der Waals surface area contributed by atoms with Gasteiger partial charge in [0.05, 0.1) is 19.6 Å². The van der Waals surface area contributed by atoms with E-state index in [1.54, 1.807) is 0 Å². The quantitative estimate of drug-likeness (QED) is 0.844. The van der Waals surface area contributed by atoms with E-state index in [2.05, 4.69) is 0 Å². The van der Waals surface area contributed by atoms with Crippen LogP contribution in [0.5, 0.6) is 11.5 Å². The van der Waals surface area contributed by atoms with Crippen LogP contribution in [-0.2, 0) is 11.2 Å². The number of hydrogen-bond donors (Lipinski definition) is 1. The number of aryl methyl sites for hydroxylation is 1. The van der Waals surface area contributed by atoms with Crippen molar-refractivity contribution in [2.75, 3.05) is 13.2 Å². The first-order valence-corrected chi connectivity index (χ1v) is 5.36. The number of ether oxygens (including phenoxy) is 2. The SMILES string of the molecule is O=C(O)CCOc1ccc2c(c1)CCCO2. The molecule has 16 heavy (non-hydrogen) atoms. The van der Waals surface area contributed by atoms with E-state index in [9.17, 15) is 4.79 Å². The molecule has 86 valence electrons. The number of rotatable bonds is 4. The van der Waals surface area contributed by atoms with Gasteiger partial charge in [-0.2, -0.15) is 0 Å². The summed E-state index contributed by atoms with van der Waals surface area (Å²) in [5.41, 5.74) is 1.14. The highest BCUT2D eigenvalue weighted by Crippen LogP contribution is 2.28. The summed E-state index contributed by atoms with van der Waals surface area (Å²) in [6, 6.07) is 5.62. The fraction of sp³-hybridized carbons (Fsp3) is 0.417. The normalized spacial score (nSPS) is 13.8. The van der Waals surface area contributed by atoms with Gasteiger partial charge in [0.15, 0.2) is 0 Å². The Balaban J connectivity index is 1.97. The highest BCUT2D eigenvalue weighted by atomic mass is 16.5. The van der Waals surface area contributed by atoms with Crippen molar-refractivity contribution >= 4 is 5.97 Å². The number of hydrogen-bond acceptors (Lipinski definition) is 3. The van der Waals surface area contributed by atoms with Crippen molar-refractivity contribution in [2.45, 2.75) is 19.3 Å². The molecule has 0 bridgehead atoms. The molecule has 1 heterocycles. The van der Waals surface area contributed by atoms with Crippen LogP contribution >= 0.6 is 0 Å². The molecule has 0 fully saturated rings. The van der Waals surface area contributed by atoms with E-state index in [4.69, 9.17) is 14.6 Å². The molecule has 1 N–H and O–H groups in total. The van der Waals surface area contributed by atoms with Gasteiger partial charge in [-0.3, -0.25) is 4.79 Å². The molecule has 2 rings (SSSR count). The number of benzene rings is 1. The van der Waals surface area contributed by atoms with Crippen molar-refractivity contribution in [1.82, 2.24) is 0 Å². The lowest BCUT2D eigenvalue weighted by Gasteiger charge is -2.17. The van der Waals surface area contributed by atoms with E-state index in [0.717, 1.165) is 30.8 Å². The van der Waals surface area contributed by atoms with Crippen LogP contribution in [0.1, 0.15) is 18.4 Å². The van der Waals surface area contributed by atoms with E-state index in [1.807, 2.05) is 18.2 Å². The Morgan fingerprint density at radius 3 is 3.19 bits per heavy atom. The monoisotopic (exact) mass is 222 g/mol. The van der Waals surface area contributed by atoms with E-state index in [0.29, 0.717) is 5.75 Å². The summed E-state index contributed by atoms with van der Waals surface area (Å²) in [6.45, 7) is 0.973. The molecule has 0 aromatic heterocycles. The second kappa shape index (κ2) is 4.88. The largest absolute Gasteiger partial charge is 0.493 e. The van der Waals surface area contributed by atoms with Gasteiger partial charge in [-0.15, -0.1) is 0 Å². The maximum Gasteiger partial charge on any atom is 0.306 e. The Kier molecular flexibility index (Phi) is 3.29. The Labute approximate surface area is 93.8 Å². The van der Waals surface area contributed by atoms with Gasteiger partial charge in [0.25, 0.3) is 0 Å². The maximum atomic E-state index is 10.3. The van der Waals surface area contributed by atoms with Crippen LogP contribution in [0.4, 0.5) is 0 Å². The average Bonchev–Trinajstić information content (AvgIpc) is 2.28. The number of fused-ring (bicyclic) bond motifs is 1. The molecular weight excluding hydrogens is 208 g/mol. The molecule has 0 saturated heterocycles. The Morgan fingerprint density at radius 2 is 2.38 bits per heavy atom. The molecule has 1 aliphatic rings. The zero-order valence-electron chi connectivity index (χ0n) is 8.94. The van der Waals surface area contributed by atoms with Gasteiger partial charge in [-0.05, 0) is 36.6 Å². The van der Waals surface area contributed by atoms with Gasteiger partial charge in [0, 0.05) is 0 Å². The summed E-state index contributed by atoms with van der Waals surface area (Å²) in [4.78, 5) is 10.3. The van der Waals surface area contributed by atoms with Crippen molar-refractivity contribution in [3.8, 4) is 11.5 Å². The summed E-state index contributed by atoms with van der Waals surface area (Å²) < 4.78 is 10.8. The molecule has 0 unspecified atom stereocenters. The third-order valence-corrected chi connectivity index (χ3v) is 2.46. The number of carboxylic acids is 1. The molecule has 1 aromatic carbocycles. The number of aliphatic carboxylic acids is 1. The predicted octanol–water partition coefficient (Wildman–Crippen LogP) is 1.87. The lowest BCUT2D eigenvalue weighted by atomic mass is 10.1. The lowest BCUT2D eigenvalue weighted by Crippen LogP contribution is -2.09. The molecule has 0 aliphatic carbocycles. The molecule has 1 aromatic rings. The van der Waals surface area contributed by atoms with Gasteiger partial charge in [0.2, 0.25) is 0 Å². The summed E-state index contributed by atoms with van der Waals surface area (Å²) in [6.07, 6.45) is 2.03. The van der Waals surface area contributed by atoms with Crippen LogP contribution in [0.3, 0.4) is 0 Å². The Bertz CT molecular complexity index is 387. The molecule has 0 atom stereocenters. The lowest BCUT2D eigenvalue weighted by molar-refractivity contribution is -0.137. The van der Waals surface area contributed by atoms with Crippen molar-refractivity contribution in [2.24, 2.45) is 0 Å². The zero-order chi connectivity index (χ0) is 11.4. The Hall–Kier alpha value is -1.71. The average molecular weight is 222 g/mol. The van der Waals surface area contributed by atoms with E-state index in [1.165, 1.54) is 0 Å². The maximum absolute atomic E-state index is 10.3. The highest BCUT2D eigenvalue weighted by molar-refractivity contribution is 5.66. The van der Waals surface area contributed by atoms with Crippen LogP contribution in [0.2, 0.25) is 0 Å². The topological polar surface area (TPSA) is 55.8 Å². The van der Waals surface area contributed by atoms with Crippen molar-refractivity contribution < 1.29 is 19.4 Å². The highest BCUT2D eigenvalue weighted by Gasteiger charge is 2.10. The first-order valence-electron chi connectivity index (χ1n) is 5.36. The molecular formula is C12H14O4. The third kappa shape index (κ3) is 2.66.